The van der Waals surface area contributed by atoms with Crippen LogP contribution in [-0.2, 0) is 4.79 Å². The maximum atomic E-state index is 11.7. The fourth-order valence-corrected chi connectivity index (χ4v) is 2.02. The lowest BCUT2D eigenvalue weighted by atomic mass is 10.2. The first-order chi connectivity index (χ1) is 8.38. The topological polar surface area (TPSA) is 63.5 Å². The van der Waals surface area contributed by atoms with Gasteiger partial charge in [-0.3, -0.25) is 14.9 Å². The Morgan fingerprint density at radius 3 is 2.67 bits per heavy atom. The molecule has 1 amide bonds. The highest BCUT2D eigenvalue weighted by molar-refractivity contribution is 9.10. The third-order valence-corrected chi connectivity index (χ3v) is 3.16. The molecule has 0 aliphatic carbocycles. The van der Waals surface area contributed by atoms with Gasteiger partial charge in [0.1, 0.15) is 0 Å². The summed E-state index contributed by atoms with van der Waals surface area (Å²) in [7, 11) is 0. The standard InChI is InChI=1S/C12H13BrN2O3/c1-4-8(2)14(9(3)16)12-7-10(15(17)18)5-6-11(12)13/h4-8H,1H2,2-3H3. The highest BCUT2D eigenvalue weighted by Gasteiger charge is 2.21. The summed E-state index contributed by atoms with van der Waals surface area (Å²) < 4.78 is 0.622. The van der Waals surface area contributed by atoms with Gasteiger partial charge in [-0.25, -0.2) is 0 Å². The number of nitrogens with zero attached hydrogens (tertiary/aromatic N) is 2. The molecular weight excluding hydrogens is 300 g/mol. The van der Waals surface area contributed by atoms with Gasteiger partial charge in [0, 0.05) is 23.5 Å². The van der Waals surface area contributed by atoms with E-state index < -0.39 is 4.92 Å². The molecule has 0 N–H and O–H groups in total. The summed E-state index contributed by atoms with van der Waals surface area (Å²) in [6.07, 6.45) is 1.60. The molecule has 0 heterocycles. The quantitative estimate of drug-likeness (QED) is 0.487. The molecule has 6 heteroatoms. The van der Waals surface area contributed by atoms with E-state index in [9.17, 15) is 14.9 Å². The number of halogens is 1. The van der Waals surface area contributed by atoms with E-state index in [0.29, 0.717) is 10.2 Å². The van der Waals surface area contributed by atoms with Gasteiger partial charge < -0.3 is 4.90 Å². The van der Waals surface area contributed by atoms with Gasteiger partial charge in [-0.15, -0.1) is 6.58 Å². The van der Waals surface area contributed by atoms with Gasteiger partial charge in [-0.2, -0.15) is 0 Å². The van der Waals surface area contributed by atoms with Crippen LogP contribution in [-0.4, -0.2) is 16.9 Å². The Labute approximate surface area is 113 Å². The number of nitro benzene ring substituents is 1. The molecule has 0 aromatic heterocycles. The van der Waals surface area contributed by atoms with Crippen LogP contribution in [0.5, 0.6) is 0 Å². The van der Waals surface area contributed by atoms with E-state index in [0.717, 1.165) is 0 Å². The lowest BCUT2D eigenvalue weighted by Crippen LogP contribution is -2.36. The lowest BCUT2D eigenvalue weighted by molar-refractivity contribution is -0.384. The Balaban J connectivity index is 3.35. The fraction of sp³-hybridized carbons (Fsp3) is 0.250. The summed E-state index contributed by atoms with van der Waals surface area (Å²) in [5.74, 6) is -0.205. The number of hydrogen-bond acceptors (Lipinski definition) is 3. The Morgan fingerprint density at radius 2 is 2.22 bits per heavy atom. The number of non-ortho nitro benzene ring substituents is 1. The fourth-order valence-electron chi connectivity index (χ4n) is 1.58. The van der Waals surface area contributed by atoms with E-state index in [2.05, 4.69) is 22.5 Å². The second-order valence-corrected chi connectivity index (χ2v) is 4.61. The van der Waals surface area contributed by atoms with E-state index in [4.69, 9.17) is 0 Å². The van der Waals surface area contributed by atoms with Crippen LogP contribution in [0, 0.1) is 10.1 Å². The SMILES string of the molecule is C=CC(C)N(C(C)=O)c1cc([N+](=O)[O-])ccc1Br. The molecule has 0 fully saturated rings. The first kappa shape index (κ1) is 14.4. The molecule has 1 unspecified atom stereocenters. The van der Waals surface area contributed by atoms with Crippen molar-refractivity contribution < 1.29 is 9.72 Å². The van der Waals surface area contributed by atoms with Crippen molar-refractivity contribution in [1.29, 1.82) is 0 Å². The van der Waals surface area contributed by atoms with Crippen molar-refractivity contribution in [1.82, 2.24) is 0 Å². The minimum absolute atomic E-state index is 0.0595. The number of benzene rings is 1. The number of nitro groups is 1. The maximum Gasteiger partial charge on any atom is 0.271 e. The molecular formula is C12H13BrN2O3. The molecule has 0 aliphatic rings. The summed E-state index contributed by atoms with van der Waals surface area (Å²) in [5.41, 5.74) is 0.403. The van der Waals surface area contributed by atoms with Crippen molar-refractivity contribution in [3.05, 3.63) is 45.4 Å². The van der Waals surface area contributed by atoms with Crippen molar-refractivity contribution in [3.8, 4) is 0 Å². The van der Waals surface area contributed by atoms with Crippen LogP contribution in [0.3, 0.4) is 0 Å². The number of hydrogen-bond donors (Lipinski definition) is 0. The lowest BCUT2D eigenvalue weighted by Gasteiger charge is -2.26. The number of anilines is 1. The van der Waals surface area contributed by atoms with Gasteiger partial charge in [0.2, 0.25) is 5.91 Å². The molecule has 18 heavy (non-hydrogen) atoms. The highest BCUT2D eigenvalue weighted by atomic mass is 79.9. The highest BCUT2D eigenvalue weighted by Crippen LogP contribution is 2.31. The predicted molar refractivity (Wildman–Crippen MR) is 73.6 cm³/mol. The van der Waals surface area contributed by atoms with E-state index in [-0.39, 0.29) is 17.6 Å². The molecule has 5 nitrogen and oxygen atoms in total. The van der Waals surface area contributed by atoms with Crippen LogP contribution in [0.15, 0.2) is 35.3 Å². The summed E-state index contributed by atoms with van der Waals surface area (Å²) in [4.78, 5) is 23.4. The van der Waals surface area contributed by atoms with E-state index in [1.165, 1.54) is 24.0 Å². The van der Waals surface area contributed by atoms with Gasteiger partial charge in [-0.1, -0.05) is 6.08 Å². The molecule has 1 atom stereocenters. The molecule has 1 aromatic rings. The Morgan fingerprint density at radius 1 is 1.61 bits per heavy atom. The third kappa shape index (κ3) is 2.95. The largest absolute Gasteiger partial charge is 0.305 e. The van der Waals surface area contributed by atoms with Crippen molar-refractivity contribution in [2.45, 2.75) is 19.9 Å². The van der Waals surface area contributed by atoms with Gasteiger partial charge >= 0.3 is 0 Å². The monoisotopic (exact) mass is 312 g/mol. The van der Waals surface area contributed by atoms with Gasteiger partial charge in [0.05, 0.1) is 16.7 Å². The van der Waals surface area contributed by atoms with Crippen molar-refractivity contribution in [2.75, 3.05) is 4.90 Å². The average Bonchev–Trinajstić information content (AvgIpc) is 2.30. The molecule has 96 valence electrons. The van der Waals surface area contributed by atoms with Crippen LogP contribution in [0.2, 0.25) is 0 Å². The average molecular weight is 313 g/mol. The van der Waals surface area contributed by atoms with E-state index in [1.807, 2.05) is 0 Å². The minimum Gasteiger partial charge on any atom is -0.305 e. The maximum absolute atomic E-state index is 11.7. The van der Waals surface area contributed by atoms with Crippen LogP contribution in [0.4, 0.5) is 11.4 Å². The van der Waals surface area contributed by atoms with Crippen LogP contribution < -0.4 is 4.90 Å². The van der Waals surface area contributed by atoms with E-state index >= 15 is 0 Å². The van der Waals surface area contributed by atoms with Crippen molar-refractivity contribution in [2.24, 2.45) is 0 Å². The van der Waals surface area contributed by atoms with Crippen LogP contribution in [0.25, 0.3) is 0 Å². The summed E-state index contributed by atoms with van der Waals surface area (Å²) in [6.45, 7) is 6.83. The first-order valence-corrected chi connectivity index (χ1v) is 6.04. The number of rotatable bonds is 4. The molecule has 0 aliphatic heterocycles. The minimum atomic E-state index is -0.493. The zero-order valence-corrected chi connectivity index (χ0v) is 11.7. The predicted octanol–water partition coefficient (Wildman–Crippen LogP) is 3.28. The normalized spacial score (nSPS) is 11.7. The molecule has 0 saturated carbocycles. The smallest absolute Gasteiger partial charge is 0.271 e. The molecule has 0 spiro atoms. The first-order valence-electron chi connectivity index (χ1n) is 5.24. The third-order valence-electron chi connectivity index (χ3n) is 2.49. The number of carbonyl (C=O) groups is 1. The van der Waals surface area contributed by atoms with Gasteiger partial charge in [0.15, 0.2) is 0 Å². The molecule has 1 aromatic carbocycles. The molecule has 1 rings (SSSR count). The summed E-state index contributed by atoms with van der Waals surface area (Å²) in [5, 5.41) is 10.8. The zero-order chi connectivity index (χ0) is 13.9. The Kier molecular flexibility index (Phi) is 4.61. The Hall–Kier alpha value is -1.69. The molecule has 0 saturated heterocycles. The van der Waals surface area contributed by atoms with E-state index in [1.54, 1.807) is 19.1 Å². The Bertz CT molecular complexity index is 502. The number of amides is 1. The van der Waals surface area contributed by atoms with Crippen LogP contribution >= 0.6 is 15.9 Å². The summed E-state index contributed by atoms with van der Waals surface area (Å²) in [6, 6.07) is 4.05. The molecule has 0 radical (unpaired) electrons. The zero-order valence-electron chi connectivity index (χ0n) is 10.1. The summed E-state index contributed by atoms with van der Waals surface area (Å²) >= 11 is 3.30. The van der Waals surface area contributed by atoms with Crippen molar-refractivity contribution >= 4 is 33.2 Å². The van der Waals surface area contributed by atoms with Crippen LogP contribution in [0.1, 0.15) is 13.8 Å². The van der Waals surface area contributed by atoms with Crippen molar-refractivity contribution in [3.63, 3.8) is 0 Å². The number of carbonyl (C=O) groups excluding carboxylic acids is 1. The second-order valence-electron chi connectivity index (χ2n) is 3.76. The second kappa shape index (κ2) is 5.77. The van der Waals surface area contributed by atoms with Gasteiger partial charge in [-0.05, 0) is 28.9 Å². The molecule has 0 bridgehead atoms. The van der Waals surface area contributed by atoms with Gasteiger partial charge in [0.25, 0.3) is 5.69 Å².